The average Bonchev–Trinajstić information content (AvgIpc) is 2.12. The lowest BCUT2D eigenvalue weighted by Crippen LogP contribution is -2.18. The molecule has 0 heterocycles. The van der Waals surface area contributed by atoms with Crippen LogP contribution in [0.2, 0.25) is 0 Å². The minimum absolute atomic E-state index is 0.481. The van der Waals surface area contributed by atoms with E-state index < -0.39 is 11.3 Å². The highest BCUT2D eigenvalue weighted by atomic mass is 32.2. The van der Waals surface area contributed by atoms with Crippen LogP contribution in [-0.2, 0) is 16.1 Å². The first-order valence-electron chi connectivity index (χ1n) is 3.67. The Morgan fingerprint density at radius 3 is 2.38 bits per heavy atom. The molecule has 0 aliphatic carbocycles. The molecule has 0 saturated carbocycles. The summed E-state index contributed by atoms with van der Waals surface area (Å²) in [6.45, 7) is 3.38. The van der Waals surface area contributed by atoms with E-state index in [9.17, 15) is 9.00 Å². The van der Waals surface area contributed by atoms with Crippen LogP contribution in [0.15, 0.2) is 23.4 Å². The molecule has 0 aliphatic heterocycles. The van der Waals surface area contributed by atoms with Crippen molar-refractivity contribution in [2.75, 3.05) is 7.05 Å². The van der Waals surface area contributed by atoms with Crippen molar-refractivity contribution in [2.24, 2.45) is 0 Å². The highest BCUT2D eigenvalue weighted by molar-refractivity contribution is 7.76. The molecule has 0 aromatic carbocycles. The fraction of sp³-hybridized carbons (Fsp3) is 0.375. The SMILES string of the molecule is C/C=C(C=O)\C=C(/C)N(C)S(=O)O. The number of hydrogen-bond donors (Lipinski definition) is 1. The zero-order chi connectivity index (χ0) is 10.4. The first-order valence-corrected chi connectivity index (χ1v) is 4.73. The maximum Gasteiger partial charge on any atom is 0.261 e. The lowest BCUT2D eigenvalue weighted by atomic mass is 10.2. The van der Waals surface area contributed by atoms with Crippen LogP contribution in [0.3, 0.4) is 0 Å². The molecule has 0 amide bonds. The smallest absolute Gasteiger partial charge is 0.261 e. The van der Waals surface area contributed by atoms with Gasteiger partial charge in [0.2, 0.25) is 0 Å². The van der Waals surface area contributed by atoms with Gasteiger partial charge in [-0.05, 0) is 19.9 Å². The highest BCUT2D eigenvalue weighted by Gasteiger charge is 2.04. The number of nitrogens with zero attached hydrogens (tertiary/aromatic N) is 1. The van der Waals surface area contributed by atoms with E-state index in [0.29, 0.717) is 17.6 Å². The van der Waals surface area contributed by atoms with Crippen molar-refractivity contribution in [1.82, 2.24) is 4.31 Å². The molecule has 0 rings (SSSR count). The molecule has 0 bridgehead atoms. The summed E-state index contributed by atoms with van der Waals surface area (Å²) in [6.07, 6.45) is 3.86. The average molecular weight is 203 g/mol. The molecule has 0 aromatic rings. The molecule has 1 unspecified atom stereocenters. The van der Waals surface area contributed by atoms with E-state index in [0.717, 1.165) is 4.31 Å². The summed E-state index contributed by atoms with van der Waals surface area (Å²) >= 11 is -2.04. The summed E-state index contributed by atoms with van der Waals surface area (Å²) in [7, 11) is 1.47. The first kappa shape index (κ1) is 12.1. The van der Waals surface area contributed by atoms with Gasteiger partial charge in [-0.25, -0.2) is 4.21 Å². The molecule has 74 valence electrons. The molecular weight excluding hydrogens is 190 g/mol. The van der Waals surface area contributed by atoms with Gasteiger partial charge in [0.25, 0.3) is 11.3 Å². The molecule has 0 saturated heterocycles. The second-order valence-corrected chi connectivity index (χ2v) is 3.43. The fourth-order valence-corrected chi connectivity index (χ4v) is 0.940. The number of carbonyl (C=O) groups is 1. The lowest BCUT2D eigenvalue weighted by molar-refractivity contribution is -0.104. The minimum atomic E-state index is -2.04. The monoisotopic (exact) mass is 203 g/mol. The van der Waals surface area contributed by atoms with Crippen LogP contribution in [0.25, 0.3) is 0 Å². The predicted octanol–water partition coefficient (Wildman–Crippen LogP) is 1.10. The lowest BCUT2D eigenvalue weighted by Gasteiger charge is -2.13. The van der Waals surface area contributed by atoms with Gasteiger partial charge in [-0.3, -0.25) is 13.7 Å². The van der Waals surface area contributed by atoms with Gasteiger partial charge in [-0.1, -0.05) is 6.08 Å². The van der Waals surface area contributed by atoms with E-state index in [1.807, 2.05) is 0 Å². The van der Waals surface area contributed by atoms with Crippen molar-refractivity contribution in [2.45, 2.75) is 13.8 Å². The van der Waals surface area contributed by atoms with Crippen molar-refractivity contribution in [1.29, 1.82) is 0 Å². The third kappa shape index (κ3) is 4.00. The molecule has 0 aromatic heterocycles. The molecule has 0 fully saturated rings. The Kier molecular flexibility index (Phi) is 5.25. The zero-order valence-electron chi connectivity index (χ0n) is 7.85. The maximum absolute atomic E-state index is 10.6. The Morgan fingerprint density at radius 2 is 2.08 bits per heavy atom. The number of rotatable bonds is 4. The Labute approximate surface area is 80.3 Å². The minimum Gasteiger partial charge on any atom is -0.298 e. The largest absolute Gasteiger partial charge is 0.298 e. The number of hydrogen-bond acceptors (Lipinski definition) is 2. The number of carbonyl (C=O) groups excluding carboxylic acids is 1. The molecule has 1 atom stereocenters. The van der Waals surface area contributed by atoms with Crippen molar-refractivity contribution in [3.63, 3.8) is 0 Å². The van der Waals surface area contributed by atoms with Crippen molar-refractivity contribution >= 4 is 17.6 Å². The van der Waals surface area contributed by atoms with Gasteiger partial charge in [0.15, 0.2) is 0 Å². The Balaban J connectivity index is 4.66. The Bertz CT molecular complexity index is 271. The van der Waals surface area contributed by atoms with Crippen molar-refractivity contribution in [3.05, 3.63) is 23.4 Å². The summed E-state index contributed by atoms with van der Waals surface area (Å²) in [5, 5.41) is 0. The third-order valence-electron chi connectivity index (χ3n) is 1.58. The first-order chi connectivity index (χ1) is 6.02. The molecule has 13 heavy (non-hydrogen) atoms. The number of allylic oxidation sites excluding steroid dienone is 4. The van der Waals surface area contributed by atoms with E-state index in [1.165, 1.54) is 7.05 Å². The van der Waals surface area contributed by atoms with Crippen molar-refractivity contribution in [3.8, 4) is 0 Å². The van der Waals surface area contributed by atoms with E-state index in [-0.39, 0.29) is 0 Å². The predicted molar refractivity (Wildman–Crippen MR) is 52.1 cm³/mol. The van der Waals surface area contributed by atoms with E-state index in [4.69, 9.17) is 4.55 Å². The van der Waals surface area contributed by atoms with Crippen LogP contribution >= 0.6 is 0 Å². The second kappa shape index (κ2) is 5.66. The van der Waals surface area contributed by atoms with Gasteiger partial charge in [-0.15, -0.1) is 0 Å². The second-order valence-electron chi connectivity index (χ2n) is 2.42. The van der Waals surface area contributed by atoms with E-state index in [2.05, 4.69) is 0 Å². The van der Waals surface area contributed by atoms with Crippen LogP contribution < -0.4 is 0 Å². The molecular formula is C8H13NO3S. The standard InChI is InChI=1S/C8H13NO3S/c1-4-8(6-10)5-7(2)9(3)13(11)12/h4-6H,1-3H3,(H,11,12)/b7-5+,8-4+. The van der Waals surface area contributed by atoms with Gasteiger partial charge in [-0.2, -0.15) is 0 Å². The summed E-state index contributed by atoms with van der Waals surface area (Å²) in [6, 6.07) is 0. The Hall–Kier alpha value is -0.940. The molecule has 4 nitrogen and oxygen atoms in total. The van der Waals surface area contributed by atoms with Gasteiger partial charge in [0.05, 0.1) is 0 Å². The van der Waals surface area contributed by atoms with Gasteiger partial charge >= 0.3 is 0 Å². The van der Waals surface area contributed by atoms with Crippen LogP contribution in [0.5, 0.6) is 0 Å². The summed E-state index contributed by atoms with van der Waals surface area (Å²) in [5.41, 5.74) is 1.04. The van der Waals surface area contributed by atoms with Gasteiger partial charge in [0.1, 0.15) is 6.29 Å². The van der Waals surface area contributed by atoms with Gasteiger partial charge < -0.3 is 0 Å². The molecule has 0 radical (unpaired) electrons. The van der Waals surface area contributed by atoms with Gasteiger partial charge in [0, 0.05) is 18.3 Å². The fourth-order valence-electron chi connectivity index (χ4n) is 0.641. The normalized spacial score (nSPS) is 15.4. The van der Waals surface area contributed by atoms with Crippen LogP contribution in [-0.4, -0.2) is 26.4 Å². The quantitative estimate of drug-likeness (QED) is 0.322. The topological polar surface area (TPSA) is 57.6 Å². The third-order valence-corrected chi connectivity index (χ3v) is 2.33. The molecule has 0 spiro atoms. The zero-order valence-corrected chi connectivity index (χ0v) is 8.67. The molecule has 0 aliphatic rings. The van der Waals surface area contributed by atoms with Crippen molar-refractivity contribution < 1.29 is 13.6 Å². The van der Waals surface area contributed by atoms with Crippen LogP contribution in [0, 0.1) is 0 Å². The number of aldehydes is 1. The summed E-state index contributed by atoms with van der Waals surface area (Å²) in [5.74, 6) is 0. The van der Waals surface area contributed by atoms with E-state index >= 15 is 0 Å². The summed E-state index contributed by atoms with van der Waals surface area (Å²) < 4.78 is 20.4. The Morgan fingerprint density at radius 1 is 1.54 bits per heavy atom. The van der Waals surface area contributed by atoms with Crippen LogP contribution in [0.1, 0.15) is 13.8 Å². The van der Waals surface area contributed by atoms with Crippen LogP contribution in [0.4, 0.5) is 0 Å². The summed E-state index contributed by atoms with van der Waals surface area (Å²) in [4.78, 5) is 10.4. The molecule has 5 heteroatoms. The maximum atomic E-state index is 10.6. The molecule has 1 N–H and O–H groups in total. The highest BCUT2D eigenvalue weighted by Crippen LogP contribution is 2.05. The van der Waals surface area contributed by atoms with E-state index in [1.54, 1.807) is 26.0 Å².